The van der Waals surface area contributed by atoms with E-state index < -0.39 is 29.1 Å². The molecule has 2 N–H and O–H groups in total. The number of Topliss-reactive ketones (excluding diaryl/α,β-unsaturated/α-hetero) is 1. The van der Waals surface area contributed by atoms with Crippen LogP contribution in [0.2, 0.25) is 0 Å². The van der Waals surface area contributed by atoms with E-state index in [0.29, 0.717) is 24.1 Å². The zero-order chi connectivity index (χ0) is 23.0. The summed E-state index contributed by atoms with van der Waals surface area (Å²) in [5, 5.41) is 19.2. The monoisotopic (exact) mass is 437 g/mol. The average Bonchev–Trinajstić information content (AvgIpc) is 3.07. The summed E-state index contributed by atoms with van der Waals surface area (Å²) in [7, 11) is 0. The number of hydrogen-bond donors (Lipinski definition) is 2. The third kappa shape index (κ3) is 4.61. The number of fused-ring (bicyclic) bond motifs is 1. The summed E-state index contributed by atoms with van der Waals surface area (Å²) in [5.41, 5.74) is -2.81. The van der Waals surface area contributed by atoms with E-state index in [-0.39, 0.29) is 30.7 Å². The van der Waals surface area contributed by atoms with Crippen LogP contribution in [0.1, 0.15) is 25.3 Å². The summed E-state index contributed by atoms with van der Waals surface area (Å²) in [5.74, 6) is -2.29. The topological polar surface area (TPSA) is 79.5 Å². The number of nitrogens with zero attached hydrogens (tertiary/aromatic N) is 1. The van der Waals surface area contributed by atoms with Gasteiger partial charge in [0.1, 0.15) is 5.82 Å². The van der Waals surface area contributed by atoms with Gasteiger partial charge in [-0.15, -0.1) is 0 Å². The second-order valence-electron chi connectivity index (χ2n) is 7.41. The van der Waals surface area contributed by atoms with Crippen LogP contribution in [0.5, 0.6) is 0 Å². The highest BCUT2D eigenvalue weighted by Crippen LogP contribution is 2.39. The zero-order valence-electron chi connectivity index (χ0n) is 16.4. The summed E-state index contributed by atoms with van der Waals surface area (Å²) in [6, 6.07) is 9.45. The molecule has 1 unspecified atom stereocenters. The van der Waals surface area contributed by atoms with Crippen LogP contribution >= 0.6 is 0 Å². The number of carbonyl (C=O) groups is 2. The van der Waals surface area contributed by atoms with Crippen molar-refractivity contribution in [3.05, 3.63) is 60.0 Å². The van der Waals surface area contributed by atoms with Crippen LogP contribution in [0.3, 0.4) is 0 Å². The molecule has 1 atom stereocenters. The number of aliphatic hydroxyl groups is 1. The summed E-state index contributed by atoms with van der Waals surface area (Å²) in [6.07, 6.45) is -3.71. The molecular weight excluding hydrogens is 418 g/mol. The number of hydrogen-bond acceptors (Lipinski definition) is 3. The lowest BCUT2D eigenvalue weighted by Crippen LogP contribution is -2.39. The van der Waals surface area contributed by atoms with Gasteiger partial charge in [0.15, 0.2) is 11.4 Å². The molecule has 9 heteroatoms. The van der Waals surface area contributed by atoms with E-state index in [1.807, 2.05) is 0 Å². The minimum atomic E-state index is -4.96. The molecule has 0 radical (unpaired) electrons. The van der Waals surface area contributed by atoms with Gasteiger partial charge in [0.05, 0.1) is 13.0 Å². The van der Waals surface area contributed by atoms with Crippen LogP contribution in [0.4, 0.5) is 17.6 Å². The lowest BCUT2D eigenvalue weighted by atomic mass is 9.92. The van der Waals surface area contributed by atoms with Gasteiger partial charge in [-0.05, 0) is 41.6 Å². The first-order valence-electron chi connectivity index (χ1n) is 9.32. The maximum absolute atomic E-state index is 14.7. The number of carbonyl (C=O) groups excluding carboxylic acids is 1. The molecule has 0 aliphatic carbocycles. The molecule has 0 bridgehead atoms. The first-order valence-corrected chi connectivity index (χ1v) is 9.32. The van der Waals surface area contributed by atoms with Gasteiger partial charge in [0.2, 0.25) is 0 Å². The number of ketones is 1. The normalized spacial score (nSPS) is 13.9. The standard InChI is InChI=1S/C22H19F4NO4/c1-21(31,22(24,25)26)15-4-6-17(18(23)11-15)14-3-2-13-8-9-27(19(13)10-14)12-16(28)5-7-20(29)30/h2-4,6,8-11,31H,5,7,12H2,1H3,(H,29,30). The molecule has 0 aliphatic heterocycles. The predicted molar refractivity (Wildman–Crippen MR) is 105 cm³/mol. The molecule has 0 amide bonds. The Balaban J connectivity index is 1.93. The third-order valence-electron chi connectivity index (χ3n) is 5.13. The van der Waals surface area contributed by atoms with Crippen molar-refractivity contribution in [1.29, 1.82) is 0 Å². The van der Waals surface area contributed by atoms with E-state index in [0.717, 1.165) is 17.5 Å². The van der Waals surface area contributed by atoms with Crippen molar-refractivity contribution in [3.63, 3.8) is 0 Å². The molecule has 0 fully saturated rings. The Morgan fingerprint density at radius 3 is 2.35 bits per heavy atom. The molecular formula is C22H19F4NO4. The molecule has 3 rings (SSSR count). The number of carboxylic acid groups (broad SMARTS) is 1. The van der Waals surface area contributed by atoms with Gasteiger partial charge in [0.25, 0.3) is 0 Å². The molecule has 2 aromatic carbocycles. The maximum atomic E-state index is 14.7. The molecule has 0 saturated carbocycles. The van der Waals surface area contributed by atoms with E-state index in [4.69, 9.17) is 5.11 Å². The van der Waals surface area contributed by atoms with Crippen molar-refractivity contribution in [1.82, 2.24) is 4.57 Å². The zero-order valence-corrected chi connectivity index (χ0v) is 16.4. The quantitative estimate of drug-likeness (QED) is 0.528. The molecule has 31 heavy (non-hydrogen) atoms. The van der Waals surface area contributed by atoms with E-state index in [1.54, 1.807) is 35.0 Å². The SMILES string of the molecule is CC(O)(c1ccc(-c2ccc3ccn(CC(=O)CCC(=O)O)c3c2)c(F)c1)C(F)(F)F. The van der Waals surface area contributed by atoms with Crippen molar-refractivity contribution in [2.75, 3.05) is 0 Å². The Bertz CT molecular complexity index is 1150. The summed E-state index contributed by atoms with van der Waals surface area (Å²) in [6.45, 7) is 0.498. The molecule has 1 aromatic heterocycles. The van der Waals surface area contributed by atoms with Gasteiger partial charge in [-0.2, -0.15) is 13.2 Å². The lowest BCUT2D eigenvalue weighted by molar-refractivity contribution is -0.258. The van der Waals surface area contributed by atoms with E-state index >= 15 is 0 Å². The van der Waals surface area contributed by atoms with Gasteiger partial charge in [-0.3, -0.25) is 9.59 Å². The fourth-order valence-corrected chi connectivity index (χ4v) is 3.22. The number of aliphatic carboxylic acids is 1. The summed E-state index contributed by atoms with van der Waals surface area (Å²) >= 11 is 0. The van der Waals surface area contributed by atoms with Crippen molar-refractivity contribution >= 4 is 22.7 Å². The van der Waals surface area contributed by atoms with Crippen molar-refractivity contribution in [2.24, 2.45) is 0 Å². The first-order chi connectivity index (χ1) is 14.4. The molecule has 3 aromatic rings. The Labute approximate surface area is 174 Å². The molecule has 5 nitrogen and oxygen atoms in total. The largest absolute Gasteiger partial charge is 0.481 e. The van der Waals surface area contributed by atoms with E-state index in [1.165, 1.54) is 0 Å². The average molecular weight is 437 g/mol. The molecule has 0 spiro atoms. The van der Waals surface area contributed by atoms with Crippen molar-refractivity contribution in [3.8, 4) is 11.1 Å². The Kier molecular flexibility index (Phi) is 5.91. The molecule has 164 valence electrons. The summed E-state index contributed by atoms with van der Waals surface area (Å²) in [4.78, 5) is 22.6. The number of aromatic nitrogens is 1. The predicted octanol–water partition coefficient (Wildman–Crippen LogP) is 4.65. The third-order valence-corrected chi connectivity index (χ3v) is 5.13. The second kappa shape index (κ2) is 8.14. The highest BCUT2D eigenvalue weighted by molar-refractivity contribution is 5.88. The lowest BCUT2D eigenvalue weighted by Gasteiger charge is -2.27. The Morgan fingerprint density at radius 2 is 1.74 bits per heavy atom. The van der Waals surface area contributed by atoms with Gasteiger partial charge in [0, 0.05) is 23.7 Å². The number of benzene rings is 2. The van der Waals surface area contributed by atoms with E-state index in [2.05, 4.69) is 0 Å². The fraction of sp³-hybridized carbons (Fsp3) is 0.273. The Hall–Kier alpha value is -3.20. The fourth-order valence-electron chi connectivity index (χ4n) is 3.22. The Morgan fingerprint density at radius 1 is 1.03 bits per heavy atom. The van der Waals surface area contributed by atoms with Gasteiger partial charge in [-0.25, -0.2) is 4.39 Å². The number of rotatable bonds is 7. The van der Waals surface area contributed by atoms with Crippen molar-refractivity contribution in [2.45, 2.75) is 38.1 Å². The van der Waals surface area contributed by atoms with Crippen LogP contribution in [-0.2, 0) is 21.7 Å². The van der Waals surface area contributed by atoms with Gasteiger partial charge < -0.3 is 14.8 Å². The van der Waals surface area contributed by atoms with Crippen LogP contribution in [-0.4, -0.2) is 32.7 Å². The molecule has 0 aliphatic rings. The highest BCUT2D eigenvalue weighted by Gasteiger charge is 2.51. The van der Waals surface area contributed by atoms with Gasteiger partial charge in [-0.1, -0.05) is 24.3 Å². The minimum Gasteiger partial charge on any atom is -0.481 e. The van der Waals surface area contributed by atoms with Gasteiger partial charge >= 0.3 is 12.1 Å². The van der Waals surface area contributed by atoms with Crippen LogP contribution in [0.25, 0.3) is 22.0 Å². The van der Waals surface area contributed by atoms with Crippen LogP contribution < -0.4 is 0 Å². The number of halogens is 4. The summed E-state index contributed by atoms with van der Waals surface area (Å²) < 4.78 is 55.4. The first kappa shape index (κ1) is 22.5. The highest BCUT2D eigenvalue weighted by atomic mass is 19.4. The number of carboxylic acids is 1. The van der Waals surface area contributed by atoms with Crippen LogP contribution in [0, 0.1) is 5.82 Å². The molecule has 1 heterocycles. The maximum Gasteiger partial charge on any atom is 0.421 e. The number of alkyl halides is 3. The van der Waals surface area contributed by atoms with E-state index in [9.17, 15) is 32.3 Å². The molecule has 0 saturated heterocycles. The van der Waals surface area contributed by atoms with Crippen molar-refractivity contribution < 1.29 is 37.4 Å². The minimum absolute atomic E-state index is 0.0357. The second-order valence-corrected chi connectivity index (χ2v) is 7.41. The smallest absolute Gasteiger partial charge is 0.421 e. The van der Waals surface area contributed by atoms with Crippen LogP contribution in [0.15, 0.2) is 48.7 Å².